The Bertz CT molecular complexity index is 630. The molecular weight excluding hydrogens is 331 g/mol. The first-order valence-corrected chi connectivity index (χ1v) is 9.11. The van der Waals surface area contributed by atoms with Crippen molar-refractivity contribution in [1.29, 1.82) is 0 Å². The molecule has 0 saturated carbocycles. The van der Waals surface area contributed by atoms with Crippen LogP contribution in [0.2, 0.25) is 0 Å². The standard InChI is InChI=1S/C15H18F3NO3S/c16-15(17,18)13(11-4-2-1-3-5-11)10-14(20)19-12-6-8-23(21,22)9-7-12/h1-5,12-13H,6-10H2,(H,19,20)/t13-/m1/s1. The Morgan fingerprint density at radius 2 is 1.74 bits per heavy atom. The maximum Gasteiger partial charge on any atom is 0.396 e. The summed E-state index contributed by atoms with van der Waals surface area (Å²) < 4.78 is 62.2. The van der Waals surface area contributed by atoms with E-state index in [0.29, 0.717) is 0 Å². The van der Waals surface area contributed by atoms with Crippen molar-refractivity contribution in [3.8, 4) is 0 Å². The predicted molar refractivity (Wildman–Crippen MR) is 79.7 cm³/mol. The van der Waals surface area contributed by atoms with Gasteiger partial charge in [0.15, 0.2) is 0 Å². The molecule has 128 valence electrons. The van der Waals surface area contributed by atoms with Gasteiger partial charge >= 0.3 is 6.18 Å². The number of hydrogen-bond donors (Lipinski definition) is 1. The fraction of sp³-hybridized carbons (Fsp3) is 0.533. The molecule has 2 rings (SSSR count). The van der Waals surface area contributed by atoms with Crippen molar-refractivity contribution in [2.24, 2.45) is 0 Å². The highest BCUT2D eigenvalue weighted by molar-refractivity contribution is 7.91. The highest BCUT2D eigenvalue weighted by Crippen LogP contribution is 2.37. The van der Waals surface area contributed by atoms with Gasteiger partial charge in [-0.2, -0.15) is 13.2 Å². The van der Waals surface area contributed by atoms with E-state index in [1.807, 2.05) is 0 Å². The molecule has 0 aromatic heterocycles. The SMILES string of the molecule is O=C(C[C@H](c1ccccc1)C(F)(F)F)NC1CCS(=O)(=O)CC1. The molecule has 4 nitrogen and oxygen atoms in total. The Balaban J connectivity index is 1.99. The Morgan fingerprint density at radius 3 is 2.26 bits per heavy atom. The highest BCUT2D eigenvalue weighted by atomic mass is 32.2. The predicted octanol–water partition coefficient (Wildman–Crippen LogP) is 2.42. The van der Waals surface area contributed by atoms with Crippen molar-refractivity contribution in [2.75, 3.05) is 11.5 Å². The van der Waals surface area contributed by atoms with E-state index in [1.54, 1.807) is 6.07 Å². The molecule has 0 aliphatic carbocycles. The summed E-state index contributed by atoms with van der Waals surface area (Å²) >= 11 is 0. The Hall–Kier alpha value is -1.57. The Morgan fingerprint density at radius 1 is 1.17 bits per heavy atom. The molecule has 1 aliphatic rings. The van der Waals surface area contributed by atoms with Gasteiger partial charge in [0.25, 0.3) is 0 Å². The monoisotopic (exact) mass is 349 g/mol. The zero-order valence-electron chi connectivity index (χ0n) is 12.3. The van der Waals surface area contributed by atoms with Crippen molar-refractivity contribution in [1.82, 2.24) is 5.32 Å². The minimum absolute atomic E-state index is 0.0423. The molecule has 8 heteroatoms. The van der Waals surface area contributed by atoms with Crippen molar-refractivity contribution < 1.29 is 26.4 Å². The lowest BCUT2D eigenvalue weighted by Gasteiger charge is -2.25. The van der Waals surface area contributed by atoms with Gasteiger partial charge in [0.2, 0.25) is 5.91 Å². The molecule has 1 atom stereocenters. The van der Waals surface area contributed by atoms with Crippen LogP contribution in [-0.4, -0.2) is 38.0 Å². The lowest BCUT2D eigenvalue weighted by Crippen LogP contribution is -2.42. The second-order valence-electron chi connectivity index (χ2n) is 5.70. The van der Waals surface area contributed by atoms with Crippen LogP contribution < -0.4 is 5.32 Å². The van der Waals surface area contributed by atoms with E-state index < -0.39 is 34.3 Å². The number of sulfone groups is 1. The molecule has 1 heterocycles. The molecule has 23 heavy (non-hydrogen) atoms. The normalized spacial score (nSPS) is 20.0. The minimum atomic E-state index is -4.52. The third kappa shape index (κ3) is 5.23. The van der Waals surface area contributed by atoms with Gasteiger partial charge in [-0.3, -0.25) is 4.79 Å². The molecule has 1 saturated heterocycles. The molecule has 1 amide bonds. The number of nitrogens with one attached hydrogen (secondary N) is 1. The van der Waals surface area contributed by atoms with Gasteiger partial charge in [-0.1, -0.05) is 30.3 Å². The number of benzene rings is 1. The van der Waals surface area contributed by atoms with E-state index >= 15 is 0 Å². The number of amides is 1. The fourth-order valence-electron chi connectivity index (χ4n) is 2.61. The summed E-state index contributed by atoms with van der Waals surface area (Å²) in [6, 6.07) is 6.92. The van der Waals surface area contributed by atoms with Crippen LogP contribution in [0.3, 0.4) is 0 Å². The van der Waals surface area contributed by atoms with Crippen LogP contribution in [0.1, 0.15) is 30.7 Å². The topological polar surface area (TPSA) is 63.2 Å². The van der Waals surface area contributed by atoms with Crippen LogP contribution >= 0.6 is 0 Å². The molecule has 0 spiro atoms. The van der Waals surface area contributed by atoms with Gasteiger partial charge in [0.1, 0.15) is 9.84 Å². The molecule has 0 radical (unpaired) electrons. The smallest absolute Gasteiger partial charge is 0.353 e. The van der Waals surface area contributed by atoms with Crippen molar-refractivity contribution in [2.45, 2.75) is 37.4 Å². The van der Waals surface area contributed by atoms with E-state index in [-0.39, 0.29) is 36.0 Å². The van der Waals surface area contributed by atoms with Crippen molar-refractivity contribution in [3.05, 3.63) is 35.9 Å². The van der Waals surface area contributed by atoms with Crippen LogP contribution in [0, 0.1) is 0 Å². The summed E-state index contributed by atoms with van der Waals surface area (Å²) in [5.74, 6) is -2.66. The number of halogens is 3. The molecule has 1 N–H and O–H groups in total. The number of rotatable bonds is 4. The maximum atomic E-state index is 13.2. The Labute approximate surface area is 133 Å². The summed E-state index contributed by atoms with van der Waals surface area (Å²) in [5.41, 5.74) is 0.0429. The Kier molecular flexibility index (Phi) is 5.33. The summed E-state index contributed by atoms with van der Waals surface area (Å²) in [6.45, 7) is 0. The zero-order valence-corrected chi connectivity index (χ0v) is 13.2. The van der Waals surface area contributed by atoms with Gasteiger partial charge in [0.05, 0.1) is 17.4 Å². The van der Waals surface area contributed by atoms with Gasteiger partial charge in [-0.15, -0.1) is 0 Å². The molecular formula is C15H18F3NO3S. The van der Waals surface area contributed by atoms with Crippen molar-refractivity contribution >= 4 is 15.7 Å². The number of alkyl halides is 3. The van der Waals surface area contributed by atoms with E-state index in [4.69, 9.17) is 0 Å². The molecule has 1 aromatic carbocycles. The quantitative estimate of drug-likeness (QED) is 0.908. The van der Waals surface area contributed by atoms with E-state index in [2.05, 4.69) is 5.32 Å². The zero-order chi connectivity index (χ0) is 17.1. The molecule has 1 aromatic rings. The molecule has 0 unspecified atom stereocenters. The summed E-state index contributed by atoms with van der Waals surface area (Å²) in [6.07, 6.45) is -4.72. The van der Waals surface area contributed by atoms with Gasteiger partial charge in [-0.05, 0) is 18.4 Å². The van der Waals surface area contributed by atoms with E-state index in [0.717, 1.165) is 0 Å². The first-order valence-electron chi connectivity index (χ1n) is 7.29. The summed E-state index contributed by atoms with van der Waals surface area (Å²) in [4.78, 5) is 11.9. The first-order chi connectivity index (χ1) is 10.7. The average Bonchev–Trinajstić information content (AvgIpc) is 2.47. The van der Waals surface area contributed by atoms with Gasteiger partial charge < -0.3 is 5.32 Å². The summed E-state index contributed by atoms with van der Waals surface area (Å²) in [7, 11) is -3.07. The number of hydrogen-bond acceptors (Lipinski definition) is 3. The maximum absolute atomic E-state index is 13.2. The van der Waals surface area contributed by atoms with Crippen LogP contribution in [0.5, 0.6) is 0 Å². The van der Waals surface area contributed by atoms with E-state index in [9.17, 15) is 26.4 Å². The highest BCUT2D eigenvalue weighted by Gasteiger charge is 2.42. The van der Waals surface area contributed by atoms with Gasteiger partial charge in [0, 0.05) is 12.5 Å². The average molecular weight is 349 g/mol. The first kappa shape index (κ1) is 17.8. The third-order valence-electron chi connectivity index (χ3n) is 3.91. The summed E-state index contributed by atoms with van der Waals surface area (Å²) in [5, 5.41) is 2.53. The third-order valence-corrected chi connectivity index (χ3v) is 5.62. The lowest BCUT2D eigenvalue weighted by atomic mass is 9.94. The van der Waals surface area contributed by atoms with Crippen LogP contribution in [0.4, 0.5) is 13.2 Å². The van der Waals surface area contributed by atoms with Gasteiger partial charge in [-0.25, -0.2) is 8.42 Å². The molecule has 1 fully saturated rings. The van der Waals surface area contributed by atoms with Crippen LogP contribution in [-0.2, 0) is 14.6 Å². The number of carbonyl (C=O) groups excluding carboxylic acids is 1. The molecule has 1 aliphatic heterocycles. The lowest BCUT2D eigenvalue weighted by molar-refractivity contribution is -0.157. The fourth-order valence-corrected chi connectivity index (χ4v) is 4.11. The van der Waals surface area contributed by atoms with E-state index in [1.165, 1.54) is 24.3 Å². The largest absolute Gasteiger partial charge is 0.396 e. The minimum Gasteiger partial charge on any atom is -0.353 e. The second kappa shape index (κ2) is 6.90. The molecule has 0 bridgehead atoms. The van der Waals surface area contributed by atoms with Crippen LogP contribution in [0.25, 0.3) is 0 Å². The number of carbonyl (C=O) groups is 1. The van der Waals surface area contributed by atoms with Crippen LogP contribution in [0.15, 0.2) is 30.3 Å². The van der Waals surface area contributed by atoms with Crippen molar-refractivity contribution in [3.63, 3.8) is 0 Å². The second-order valence-corrected chi connectivity index (χ2v) is 8.01.